The van der Waals surface area contributed by atoms with Gasteiger partial charge in [0, 0.05) is 17.0 Å². The number of benzene rings is 1. The van der Waals surface area contributed by atoms with Crippen molar-refractivity contribution in [1.29, 1.82) is 0 Å². The fraction of sp³-hybridized carbons (Fsp3) is 0.182. The van der Waals surface area contributed by atoms with E-state index in [1.165, 1.54) is 18.2 Å². The Hall–Kier alpha value is -2.06. The van der Waals surface area contributed by atoms with E-state index in [0.717, 1.165) is 0 Å². The second kappa shape index (κ2) is 5.87. The lowest BCUT2D eigenvalue weighted by Gasteiger charge is -1.96. The molecule has 0 saturated heterocycles. The van der Waals surface area contributed by atoms with Gasteiger partial charge in [0.15, 0.2) is 0 Å². The molecule has 0 saturated carbocycles. The first kappa shape index (κ1) is 13.0. The molecule has 0 aliphatic carbocycles. The number of ether oxygens (including phenoxy) is 1. The molecule has 1 aromatic carbocycles. The molecule has 0 aliphatic heterocycles. The molecule has 1 aromatic rings. The minimum absolute atomic E-state index is 0.118. The molecule has 0 radical (unpaired) electrons. The average molecular weight is 254 g/mol. The minimum Gasteiger partial charge on any atom is -0.456 e. The number of esters is 1. The molecule has 5 nitrogen and oxygen atoms in total. The summed E-state index contributed by atoms with van der Waals surface area (Å²) in [7, 11) is 0. The maximum Gasteiger partial charge on any atom is 0.384 e. The summed E-state index contributed by atoms with van der Waals surface area (Å²) >= 11 is 5.63. The van der Waals surface area contributed by atoms with Gasteiger partial charge in [-0.2, -0.15) is 0 Å². The summed E-state index contributed by atoms with van der Waals surface area (Å²) in [6.45, 7) is 1.85. The maximum atomic E-state index is 11.0. The van der Waals surface area contributed by atoms with Crippen LogP contribution in [0.25, 0.3) is 0 Å². The van der Waals surface area contributed by atoms with Gasteiger partial charge in [-0.15, -0.1) is 0 Å². The van der Waals surface area contributed by atoms with Crippen LogP contribution in [-0.2, 0) is 9.53 Å². The lowest BCUT2D eigenvalue weighted by Crippen LogP contribution is -2.00. The number of hydrogen-bond acceptors (Lipinski definition) is 4. The van der Waals surface area contributed by atoms with Gasteiger partial charge >= 0.3 is 5.97 Å². The van der Waals surface area contributed by atoms with Crippen LogP contribution in [0.4, 0.5) is 5.69 Å². The molecule has 0 unspecified atom stereocenters. The Kier molecular flexibility index (Phi) is 4.49. The second-order valence-electron chi connectivity index (χ2n) is 2.89. The zero-order chi connectivity index (χ0) is 12.8. The Bertz CT molecular complexity index is 516. The van der Waals surface area contributed by atoms with Crippen molar-refractivity contribution >= 4 is 23.3 Å². The smallest absolute Gasteiger partial charge is 0.384 e. The van der Waals surface area contributed by atoms with Crippen molar-refractivity contribution in [1.82, 2.24) is 0 Å². The van der Waals surface area contributed by atoms with Crippen LogP contribution in [0, 0.1) is 22.0 Å². The SMILES string of the molecule is CCOC(=O)C#Cc1ccc(Cl)cc1[N+](=O)[O-]. The first-order valence-corrected chi connectivity index (χ1v) is 5.05. The number of carbonyl (C=O) groups is 1. The predicted molar refractivity (Wildman–Crippen MR) is 61.6 cm³/mol. The summed E-state index contributed by atoms with van der Waals surface area (Å²) < 4.78 is 4.58. The van der Waals surface area contributed by atoms with Crippen molar-refractivity contribution in [3.63, 3.8) is 0 Å². The summed E-state index contributed by atoms with van der Waals surface area (Å²) in [5.74, 6) is 3.81. The topological polar surface area (TPSA) is 69.4 Å². The van der Waals surface area contributed by atoms with Gasteiger partial charge in [0.2, 0.25) is 0 Å². The van der Waals surface area contributed by atoms with Crippen LogP contribution in [0.3, 0.4) is 0 Å². The van der Waals surface area contributed by atoms with Gasteiger partial charge < -0.3 is 4.74 Å². The lowest BCUT2D eigenvalue weighted by atomic mass is 10.2. The largest absolute Gasteiger partial charge is 0.456 e. The molecule has 0 bridgehead atoms. The van der Waals surface area contributed by atoms with Crippen molar-refractivity contribution < 1.29 is 14.5 Å². The minimum atomic E-state index is -0.725. The van der Waals surface area contributed by atoms with Crippen LogP contribution in [-0.4, -0.2) is 17.5 Å². The molecule has 88 valence electrons. The molecule has 0 atom stereocenters. The molecule has 6 heteroatoms. The van der Waals surface area contributed by atoms with Crippen molar-refractivity contribution in [2.45, 2.75) is 6.92 Å². The third-order valence-corrected chi connectivity index (χ3v) is 1.97. The van der Waals surface area contributed by atoms with E-state index in [1.807, 2.05) is 0 Å². The van der Waals surface area contributed by atoms with Gasteiger partial charge in [-0.1, -0.05) is 11.6 Å². The molecular formula is C11H8ClNO4. The molecule has 0 aromatic heterocycles. The van der Waals surface area contributed by atoms with Gasteiger partial charge in [-0.05, 0) is 25.0 Å². The highest BCUT2D eigenvalue weighted by Crippen LogP contribution is 2.22. The van der Waals surface area contributed by atoms with Crippen LogP contribution >= 0.6 is 11.6 Å². The monoisotopic (exact) mass is 253 g/mol. The zero-order valence-corrected chi connectivity index (χ0v) is 9.65. The summed E-state index contributed by atoms with van der Waals surface area (Å²) in [4.78, 5) is 21.1. The number of halogens is 1. The summed E-state index contributed by atoms with van der Waals surface area (Å²) in [5.41, 5.74) is -0.123. The summed E-state index contributed by atoms with van der Waals surface area (Å²) in [5, 5.41) is 10.9. The zero-order valence-electron chi connectivity index (χ0n) is 8.90. The Balaban J connectivity index is 3.06. The van der Waals surface area contributed by atoms with Crippen molar-refractivity contribution in [2.24, 2.45) is 0 Å². The normalized spacial score (nSPS) is 9.06. The Morgan fingerprint density at radius 3 is 2.88 bits per heavy atom. The number of nitrogens with zero attached hydrogens (tertiary/aromatic N) is 1. The van der Waals surface area contributed by atoms with Crippen LogP contribution in [0.5, 0.6) is 0 Å². The molecule has 0 spiro atoms. The highest BCUT2D eigenvalue weighted by molar-refractivity contribution is 6.30. The maximum absolute atomic E-state index is 11.0. The van der Waals surface area contributed by atoms with Gasteiger partial charge in [0.1, 0.15) is 5.56 Å². The van der Waals surface area contributed by atoms with Crippen LogP contribution in [0.2, 0.25) is 5.02 Å². The number of carbonyl (C=O) groups excluding carboxylic acids is 1. The third kappa shape index (κ3) is 3.78. The fourth-order valence-electron chi connectivity index (χ4n) is 1.05. The quantitative estimate of drug-likeness (QED) is 0.350. The van der Waals surface area contributed by atoms with Crippen LogP contribution in [0.15, 0.2) is 18.2 Å². The van der Waals surface area contributed by atoms with E-state index in [-0.39, 0.29) is 22.9 Å². The highest BCUT2D eigenvalue weighted by Gasteiger charge is 2.12. The number of nitro groups is 1. The number of rotatable bonds is 2. The van der Waals surface area contributed by atoms with Gasteiger partial charge in [0.05, 0.1) is 11.5 Å². The summed E-state index contributed by atoms with van der Waals surface area (Å²) in [6.07, 6.45) is 0. The Morgan fingerprint density at radius 2 is 2.29 bits per heavy atom. The van der Waals surface area contributed by atoms with Gasteiger partial charge in [-0.3, -0.25) is 10.1 Å². The van der Waals surface area contributed by atoms with Gasteiger partial charge in [-0.25, -0.2) is 4.79 Å². The number of hydrogen-bond donors (Lipinski definition) is 0. The molecule has 0 fully saturated rings. The molecule has 0 aliphatic rings. The van der Waals surface area contributed by atoms with Crippen LogP contribution < -0.4 is 0 Å². The standard InChI is InChI=1S/C11H8ClNO4/c1-2-17-11(14)6-4-8-3-5-9(12)7-10(8)13(15)16/h3,5,7H,2H2,1H3. The molecule has 1 rings (SSSR count). The van der Waals surface area contributed by atoms with E-state index >= 15 is 0 Å². The van der Waals surface area contributed by atoms with E-state index in [2.05, 4.69) is 16.6 Å². The lowest BCUT2D eigenvalue weighted by molar-refractivity contribution is -0.385. The molecular weight excluding hydrogens is 246 g/mol. The highest BCUT2D eigenvalue weighted by atomic mass is 35.5. The predicted octanol–water partition coefficient (Wildman–Crippen LogP) is 2.16. The number of nitro benzene ring substituents is 1. The third-order valence-electron chi connectivity index (χ3n) is 1.73. The van der Waals surface area contributed by atoms with Crippen molar-refractivity contribution in [2.75, 3.05) is 6.61 Å². The second-order valence-corrected chi connectivity index (χ2v) is 3.33. The van der Waals surface area contributed by atoms with E-state index < -0.39 is 10.9 Å². The fourth-order valence-corrected chi connectivity index (χ4v) is 1.21. The molecule has 0 amide bonds. The Labute approximate surface area is 102 Å². The van der Waals surface area contributed by atoms with E-state index in [0.29, 0.717) is 0 Å². The van der Waals surface area contributed by atoms with E-state index in [9.17, 15) is 14.9 Å². The van der Waals surface area contributed by atoms with E-state index in [4.69, 9.17) is 11.6 Å². The average Bonchev–Trinajstić information content (AvgIpc) is 2.27. The van der Waals surface area contributed by atoms with E-state index in [1.54, 1.807) is 6.92 Å². The van der Waals surface area contributed by atoms with Crippen molar-refractivity contribution in [3.05, 3.63) is 38.9 Å². The molecule has 0 heterocycles. The van der Waals surface area contributed by atoms with Gasteiger partial charge in [0.25, 0.3) is 5.69 Å². The Morgan fingerprint density at radius 1 is 1.59 bits per heavy atom. The van der Waals surface area contributed by atoms with Crippen LogP contribution in [0.1, 0.15) is 12.5 Å². The summed E-state index contributed by atoms with van der Waals surface area (Å²) in [6, 6.07) is 4.02. The first-order chi connectivity index (χ1) is 8.04. The molecule has 0 N–H and O–H groups in total. The molecule has 17 heavy (non-hydrogen) atoms. The first-order valence-electron chi connectivity index (χ1n) is 4.67. The van der Waals surface area contributed by atoms with Crippen molar-refractivity contribution in [3.8, 4) is 11.8 Å².